The molecule has 1 unspecified atom stereocenters. The van der Waals surface area contributed by atoms with Crippen LogP contribution in [-0.4, -0.2) is 41.0 Å². The lowest BCUT2D eigenvalue weighted by Gasteiger charge is -2.21. The van der Waals surface area contributed by atoms with E-state index in [0.29, 0.717) is 27.4 Å². The Balaban J connectivity index is 1.77. The van der Waals surface area contributed by atoms with Crippen molar-refractivity contribution in [2.24, 2.45) is 0 Å². The zero-order valence-electron chi connectivity index (χ0n) is 14.4. The van der Waals surface area contributed by atoms with Gasteiger partial charge in [0.25, 0.3) is 5.91 Å². The van der Waals surface area contributed by atoms with E-state index >= 15 is 0 Å². The van der Waals surface area contributed by atoms with E-state index in [2.05, 4.69) is 15.3 Å². The van der Waals surface area contributed by atoms with Crippen LogP contribution in [-0.2, 0) is 9.53 Å². The molecule has 134 valence electrons. The third-order valence-corrected chi connectivity index (χ3v) is 5.86. The SMILES string of the molecule is CC(=O)N(CC1CCCO1)c1nc(C)c(C(=O)Nc2ncc(C)s2)s1. The molecule has 1 aliphatic rings. The van der Waals surface area contributed by atoms with Crippen LogP contribution in [0.15, 0.2) is 6.20 Å². The average molecular weight is 380 g/mol. The number of aryl methyl sites for hydroxylation is 2. The molecule has 0 spiro atoms. The summed E-state index contributed by atoms with van der Waals surface area (Å²) in [6, 6.07) is 0. The van der Waals surface area contributed by atoms with E-state index < -0.39 is 0 Å². The first kappa shape index (κ1) is 18.0. The molecule has 3 heterocycles. The molecule has 0 saturated carbocycles. The topological polar surface area (TPSA) is 84.4 Å². The molecule has 0 aromatic carbocycles. The van der Waals surface area contributed by atoms with Crippen molar-refractivity contribution in [2.45, 2.75) is 39.7 Å². The second kappa shape index (κ2) is 7.59. The smallest absolute Gasteiger partial charge is 0.269 e. The molecule has 9 heteroatoms. The van der Waals surface area contributed by atoms with Crippen LogP contribution in [0.5, 0.6) is 0 Å². The molecule has 3 rings (SSSR count). The van der Waals surface area contributed by atoms with Gasteiger partial charge < -0.3 is 4.74 Å². The molecule has 0 bridgehead atoms. The van der Waals surface area contributed by atoms with Crippen molar-refractivity contribution in [3.8, 4) is 0 Å². The lowest BCUT2D eigenvalue weighted by molar-refractivity contribution is -0.116. The van der Waals surface area contributed by atoms with E-state index in [9.17, 15) is 9.59 Å². The maximum atomic E-state index is 12.5. The average Bonchev–Trinajstić information content (AvgIpc) is 3.26. The number of carbonyl (C=O) groups excluding carboxylic acids is 2. The molecule has 0 radical (unpaired) electrons. The number of nitrogens with zero attached hydrogens (tertiary/aromatic N) is 3. The summed E-state index contributed by atoms with van der Waals surface area (Å²) in [5.74, 6) is -0.358. The Morgan fingerprint density at radius 3 is 2.80 bits per heavy atom. The summed E-state index contributed by atoms with van der Waals surface area (Å²) >= 11 is 2.63. The van der Waals surface area contributed by atoms with E-state index in [1.165, 1.54) is 29.6 Å². The van der Waals surface area contributed by atoms with Crippen LogP contribution in [0.3, 0.4) is 0 Å². The Bertz CT molecular complexity index is 780. The van der Waals surface area contributed by atoms with Gasteiger partial charge in [-0.15, -0.1) is 11.3 Å². The lowest BCUT2D eigenvalue weighted by atomic mass is 10.2. The second-order valence-corrected chi connectivity index (χ2v) is 8.12. The molecular formula is C16H20N4O3S2. The molecular weight excluding hydrogens is 360 g/mol. The maximum Gasteiger partial charge on any atom is 0.269 e. The van der Waals surface area contributed by atoms with Crippen LogP contribution in [0.4, 0.5) is 10.3 Å². The van der Waals surface area contributed by atoms with E-state index in [-0.39, 0.29) is 17.9 Å². The fourth-order valence-corrected chi connectivity index (χ4v) is 4.28. The summed E-state index contributed by atoms with van der Waals surface area (Å²) in [5.41, 5.74) is 0.601. The van der Waals surface area contributed by atoms with Gasteiger partial charge in [-0.25, -0.2) is 9.97 Å². The van der Waals surface area contributed by atoms with Crippen molar-refractivity contribution in [1.29, 1.82) is 0 Å². The molecule has 1 fully saturated rings. The molecule has 2 aromatic heterocycles. The summed E-state index contributed by atoms with van der Waals surface area (Å²) in [4.78, 5) is 36.2. The number of rotatable bonds is 5. The quantitative estimate of drug-likeness (QED) is 0.862. The predicted octanol–water partition coefficient (Wildman–Crippen LogP) is 3.00. The molecule has 7 nitrogen and oxygen atoms in total. The van der Waals surface area contributed by atoms with E-state index in [0.717, 1.165) is 24.3 Å². The van der Waals surface area contributed by atoms with E-state index in [4.69, 9.17) is 4.74 Å². The second-order valence-electron chi connectivity index (χ2n) is 5.91. The summed E-state index contributed by atoms with van der Waals surface area (Å²) in [5, 5.41) is 3.87. The van der Waals surface area contributed by atoms with E-state index in [1.807, 2.05) is 6.92 Å². The zero-order valence-corrected chi connectivity index (χ0v) is 16.0. The number of aromatic nitrogens is 2. The van der Waals surface area contributed by atoms with Gasteiger partial charge in [0.1, 0.15) is 4.88 Å². The number of nitrogens with one attached hydrogen (secondary N) is 1. The van der Waals surface area contributed by atoms with Gasteiger partial charge in [-0.3, -0.25) is 19.8 Å². The summed E-state index contributed by atoms with van der Waals surface area (Å²) in [7, 11) is 0. The minimum atomic E-state index is -0.254. The summed E-state index contributed by atoms with van der Waals surface area (Å²) in [6.45, 7) is 6.40. The van der Waals surface area contributed by atoms with Crippen LogP contribution >= 0.6 is 22.7 Å². The van der Waals surface area contributed by atoms with Gasteiger partial charge >= 0.3 is 0 Å². The van der Waals surface area contributed by atoms with E-state index in [1.54, 1.807) is 18.0 Å². The van der Waals surface area contributed by atoms with Gasteiger partial charge in [-0.05, 0) is 26.7 Å². The van der Waals surface area contributed by atoms with Crippen LogP contribution in [0.2, 0.25) is 0 Å². The van der Waals surface area contributed by atoms with Crippen LogP contribution in [0.1, 0.15) is 40.0 Å². The monoisotopic (exact) mass is 380 g/mol. The summed E-state index contributed by atoms with van der Waals surface area (Å²) < 4.78 is 5.62. The van der Waals surface area contributed by atoms with Crippen molar-refractivity contribution >= 4 is 44.8 Å². The third-order valence-electron chi connectivity index (χ3n) is 3.85. The van der Waals surface area contributed by atoms with Crippen molar-refractivity contribution in [3.05, 3.63) is 21.6 Å². The normalized spacial score (nSPS) is 16.8. The Morgan fingerprint density at radius 1 is 1.40 bits per heavy atom. The number of carbonyl (C=O) groups is 2. The number of hydrogen-bond acceptors (Lipinski definition) is 7. The highest BCUT2D eigenvalue weighted by Crippen LogP contribution is 2.29. The molecule has 1 N–H and O–H groups in total. The third kappa shape index (κ3) is 4.23. The number of hydrogen-bond donors (Lipinski definition) is 1. The molecule has 2 aromatic rings. The van der Waals surface area contributed by atoms with Gasteiger partial charge in [0, 0.05) is 24.6 Å². The largest absolute Gasteiger partial charge is 0.376 e. The van der Waals surface area contributed by atoms with Crippen molar-refractivity contribution in [3.63, 3.8) is 0 Å². The zero-order chi connectivity index (χ0) is 18.0. The Kier molecular flexibility index (Phi) is 5.45. The number of thiazole rings is 2. The van der Waals surface area contributed by atoms with Crippen LogP contribution in [0.25, 0.3) is 0 Å². The molecule has 25 heavy (non-hydrogen) atoms. The first-order valence-corrected chi connectivity index (χ1v) is 9.68. The fourth-order valence-electron chi connectivity index (χ4n) is 2.61. The van der Waals surface area contributed by atoms with Crippen LogP contribution in [0, 0.1) is 13.8 Å². The highest BCUT2D eigenvalue weighted by molar-refractivity contribution is 7.18. The molecule has 1 aliphatic heterocycles. The van der Waals surface area contributed by atoms with Gasteiger partial charge in [-0.2, -0.15) is 0 Å². The highest BCUT2D eigenvalue weighted by Gasteiger charge is 2.26. The number of amides is 2. The fraction of sp³-hybridized carbons (Fsp3) is 0.500. The van der Waals surface area contributed by atoms with Crippen LogP contribution < -0.4 is 10.2 Å². The number of ether oxygens (including phenoxy) is 1. The minimum absolute atomic E-state index is 0.0312. The summed E-state index contributed by atoms with van der Waals surface area (Å²) in [6.07, 6.45) is 3.69. The molecule has 2 amide bonds. The minimum Gasteiger partial charge on any atom is -0.376 e. The Labute approximate surface area is 154 Å². The predicted molar refractivity (Wildman–Crippen MR) is 98.7 cm³/mol. The van der Waals surface area contributed by atoms with Crippen molar-refractivity contribution < 1.29 is 14.3 Å². The molecule has 1 saturated heterocycles. The first-order valence-electron chi connectivity index (χ1n) is 8.05. The lowest BCUT2D eigenvalue weighted by Crippen LogP contribution is -2.35. The number of anilines is 2. The van der Waals surface area contributed by atoms with Gasteiger partial charge in [0.2, 0.25) is 5.91 Å². The van der Waals surface area contributed by atoms with Gasteiger partial charge in [0.15, 0.2) is 10.3 Å². The molecule has 1 atom stereocenters. The Hall–Kier alpha value is -1.84. The first-order chi connectivity index (χ1) is 11.9. The Morgan fingerprint density at radius 2 is 2.20 bits per heavy atom. The van der Waals surface area contributed by atoms with Crippen molar-refractivity contribution in [1.82, 2.24) is 9.97 Å². The molecule has 0 aliphatic carbocycles. The van der Waals surface area contributed by atoms with Gasteiger partial charge in [0.05, 0.1) is 18.3 Å². The maximum absolute atomic E-state index is 12.5. The van der Waals surface area contributed by atoms with Gasteiger partial charge in [-0.1, -0.05) is 11.3 Å². The highest BCUT2D eigenvalue weighted by atomic mass is 32.1. The standard InChI is InChI=1S/C16H20N4O3S2/c1-9-7-17-15(24-9)19-14(22)13-10(2)18-16(25-13)20(11(3)21)8-12-5-4-6-23-12/h7,12H,4-6,8H2,1-3H3,(H,17,19,22). The van der Waals surface area contributed by atoms with Crippen molar-refractivity contribution in [2.75, 3.05) is 23.4 Å².